The molecule has 6 rings (SSSR count). The molecule has 1 aliphatic rings. The van der Waals surface area contributed by atoms with Gasteiger partial charge in [0.2, 0.25) is 10.0 Å². The van der Waals surface area contributed by atoms with Gasteiger partial charge < -0.3 is 4.57 Å². The molecule has 1 fully saturated rings. The van der Waals surface area contributed by atoms with Gasteiger partial charge in [0.05, 0.1) is 27.2 Å². The highest BCUT2D eigenvalue weighted by Crippen LogP contribution is 2.31. The minimum absolute atomic E-state index is 0.243. The molecule has 0 radical (unpaired) electrons. The van der Waals surface area contributed by atoms with Gasteiger partial charge in [0.25, 0.3) is 0 Å². The molecule has 40 heavy (non-hydrogen) atoms. The smallest absolute Gasteiger partial charge is 0.243 e. The normalized spacial score (nSPS) is 14.8. The highest BCUT2D eigenvalue weighted by atomic mass is 32.2. The molecule has 9 heteroatoms. The van der Waals surface area contributed by atoms with Crippen LogP contribution >= 0.6 is 0 Å². The number of para-hydroxylation sites is 3. The van der Waals surface area contributed by atoms with Gasteiger partial charge in [-0.3, -0.25) is 0 Å². The van der Waals surface area contributed by atoms with E-state index in [-0.39, 0.29) is 4.90 Å². The predicted octanol–water partition coefficient (Wildman–Crippen LogP) is 5.66. The zero-order chi connectivity index (χ0) is 27.7. The molecule has 0 bridgehead atoms. The van der Waals surface area contributed by atoms with E-state index >= 15 is 0 Å². The Bertz CT molecular complexity index is 1870. The Balaban J connectivity index is 1.49. The number of aryl methyl sites for hydroxylation is 1. The maximum Gasteiger partial charge on any atom is 0.243 e. The first-order valence-electron chi connectivity index (χ1n) is 13.2. The van der Waals surface area contributed by atoms with Crippen LogP contribution in [0.2, 0.25) is 0 Å². The van der Waals surface area contributed by atoms with Gasteiger partial charge in [0.15, 0.2) is 5.82 Å². The molecule has 0 N–H and O–H groups in total. The molecule has 1 saturated heterocycles. The van der Waals surface area contributed by atoms with Crippen molar-refractivity contribution in [2.24, 2.45) is 7.05 Å². The molecule has 5 aromatic rings. The zero-order valence-electron chi connectivity index (χ0n) is 22.1. The van der Waals surface area contributed by atoms with Gasteiger partial charge in [0, 0.05) is 37.5 Å². The highest BCUT2D eigenvalue weighted by molar-refractivity contribution is 7.89. The molecule has 3 aromatic carbocycles. The van der Waals surface area contributed by atoms with Crippen LogP contribution in [-0.4, -0.2) is 45.1 Å². The van der Waals surface area contributed by atoms with E-state index in [0.29, 0.717) is 41.3 Å². The van der Waals surface area contributed by atoms with Crippen molar-refractivity contribution in [3.05, 3.63) is 96.4 Å². The van der Waals surface area contributed by atoms with Crippen LogP contribution in [0, 0.1) is 11.3 Å². The maximum absolute atomic E-state index is 13.4. The summed E-state index contributed by atoms with van der Waals surface area (Å²) in [5, 5.41) is 15.0. The third kappa shape index (κ3) is 4.72. The molecule has 0 atom stereocenters. The predicted molar refractivity (Wildman–Crippen MR) is 156 cm³/mol. The van der Waals surface area contributed by atoms with E-state index in [1.807, 2.05) is 78.5 Å². The number of piperidine rings is 1. The number of benzene rings is 3. The molecule has 1 aliphatic heterocycles. The summed E-state index contributed by atoms with van der Waals surface area (Å²) in [5.41, 5.74) is 4.87. The fourth-order valence-corrected chi connectivity index (χ4v) is 6.74. The molecule has 0 saturated carbocycles. The molecule has 0 unspecified atom stereocenters. The number of nitriles is 1. The minimum atomic E-state index is -3.62. The van der Waals surface area contributed by atoms with Crippen molar-refractivity contribution >= 4 is 32.7 Å². The van der Waals surface area contributed by atoms with E-state index in [9.17, 15) is 13.7 Å². The van der Waals surface area contributed by atoms with Crippen LogP contribution in [0.15, 0.2) is 90.0 Å². The van der Waals surface area contributed by atoms with Crippen molar-refractivity contribution in [3.63, 3.8) is 0 Å². The molecule has 0 amide bonds. The van der Waals surface area contributed by atoms with Crippen molar-refractivity contribution in [3.8, 4) is 23.0 Å². The van der Waals surface area contributed by atoms with Crippen LogP contribution in [0.3, 0.4) is 0 Å². The summed E-state index contributed by atoms with van der Waals surface area (Å²) in [6.45, 7) is 1.07. The summed E-state index contributed by atoms with van der Waals surface area (Å²) in [4.78, 5) is 4.95. The summed E-state index contributed by atoms with van der Waals surface area (Å²) >= 11 is 0. The van der Waals surface area contributed by atoms with Gasteiger partial charge >= 0.3 is 0 Å². The number of rotatable bonds is 6. The van der Waals surface area contributed by atoms with Gasteiger partial charge in [-0.1, -0.05) is 48.9 Å². The lowest BCUT2D eigenvalue weighted by Crippen LogP contribution is -2.35. The fourth-order valence-electron chi connectivity index (χ4n) is 5.18. The lowest BCUT2D eigenvalue weighted by Gasteiger charge is -2.26. The fraction of sp³-hybridized carbons (Fsp3) is 0.194. The van der Waals surface area contributed by atoms with Crippen LogP contribution in [0.25, 0.3) is 39.6 Å². The van der Waals surface area contributed by atoms with E-state index in [2.05, 4.69) is 6.07 Å². The Kier molecular flexibility index (Phi) is 6.80. The second-order valence-electron chi connectivity index (χ2n) is 9.86. The van der Waals surface area contributed by atoms with Gasteiger partial charge in [-0.15, -0.1) is 0 Å². The van der Waals surface area contributed by atoms with Crippen LogP contribution in [0.1, 0.15) is 30.7 Å². The van der Waals surface area contributed by atoms with E-state index < -0.39 is 10.0 Å². The van der Waals surface area contributed by atoms with Crippen molar-refractivity contribution in [2.75, 3.05) is 13.1 Å². The average Bonchev–Trinajstić information content (AvgIpc) is 3.58. The second kappa shape index (κ2) is 10.6. The molecule has 2 aromatic heterocycles. The minimum Gasteiger partial charge on any atom is -0.327 e. The average molecular weight is 549 g/mol. The van der Waals surface area contributed by atoms with Crippen LogP contribution in [-0.2, 0) is 17.1 Å². The lowest BCUT2D eigenvalue weighted by atomic mass is 10.1. The molecule has 0 aliphatic carbocycles. The molecule has 0 spiro atoms. The van der Waals surface area contributed by atoms with E-state index in [4.69, 9.17) is 10.1 Å². The van der Waals surface area contributed by atoms with Crippen molar-refractivity contribution in [2.45, 2.75) is 24.2 Å². The Morgan fingerprint density at radius 1 is 0.950 bits per heavy atom. The van der Waals surface area contributed by atoms with E-state index in [1.54, 1.807) is 33.3 Å². The number of sulfonamides is 1. The molecule has 3 heterocycles. The topological polar surface area (TPSA) is 96.8 Å². The molecule has 8 nitrogen and oxygen atoms in total. The second-order valence-corrected chi connectivity index (χ2v) is 11.8. The summed E-state index contributed by atoms with van der Waals surface area (Å²) < 4.78 is 32.1. The van der Waals surface area contributed by atoms with Crippen LogP contribution < -0.4 is 0 Å². The molecular weight excluding hydrogens is 520 g/mol. The highest BCUT2D eigenvalue weighted by Gasteiger charge is 2.26. The van der Waals surface area contributed by atoms with Crippen LogP contribution in [0.5, 0.6) is 0 Å². The monoisotopic (exact) mass is 548 g/mol. The first-order valence-corrected chi connectivity index (χ1v) is 14.7. The third-order valence-electron chi connectivity index (χ3n) is 7.27. The Morgan fingerprint density at radius 2 is 1.70 bits per heavy atom. The number of aromatic nitrogens is 4. The number of hydrogen-bond donors (Lipinski definition) is 0. The van der Waals surface area contributed by atoms with Gasteiger partial charge in [-0.05, 0) is 55.3 Å². The Morgan fingerprint density at radius 3 is 2.45 bits per heavy atom. The maximum atomic E-state index is 13.4. The van der Waals surface area contributed by atoms with E-state index in [0.717, 1.165) is 36.0 Å². The standard InChI is InChI=1S/C31H28N6O2S/c1-35-29-16-7-6-15-28(29)33-31(35)24(21-32)19-25-22-37(26-12-4-2-5-13-26)34-30(25)23-11-10-14-27(20-23)40(38,39)36-17-8-3-9-18-36/h2,4-7,10-16,19-20,22H,3,8-9,17-18H2,1H3/b24-19-. The SMILES string of the molecule is Cn1c(/C(C#N)=C\c2cn(-c3ccccc3)nc2-c2cccc(S(=O)(=O)N3CCCCC3)c2)nc2ccccc21. The summed E-state index contributed by atoms with van der Waals surface area (Å²) in [5.74, 6) is 0.545. The van der Waals surface area contributed by atoms with Crippen LogP contribution in [0.4, 0.5) is 0 Å². The van der Waals surface area contributed by atoms with Crippen molar-refractivity contribution < 1.29 is 8.42 Å². The third-order valence-corrected chi connectivity index (χ3v) is 9.17. The summed E-state index contributed by atoms with van der Waals surface area (Å²) in [7, 11) is -1.74. The molecular formula is C31H28N6O2S. The lowest BCUT2D eigenvalue weighted by molar-refractivity contribution is 0.346. The number of fused-ring (bicyclic) bond motifs is 1. The Hall–Kier alpha value is -4.52. The number of imidazole rings is 1. The summed E-state index contributed by atoms with van der Waals surface area (Å²) in [6.07, 6.45) is 6.42. The van der Waals surface area contributed by atoms with Gasteiger partial charge in [-0.25, -0.2) is 18.1 Å². The Labute approximate surface area is 233 Å². The van der Waals surface area contributed by atoms with E-state index in [1.165, 1.54) is 0 Å². The first-order chi connectivity index (χ1) is 19.5. The molecule has 200 valence electrons. The number of hydrogen-bond acceptors (Lipinski definition) is 5. The van der Waals surface area contributed by atoms with Gasteiger partial charge in [-0.2, -0.15) is 14.7 Å². The number of allylic oxidation sites excluding steroid dienone is 1. The summed E-state index contributed by atoms with van der Waals surface area (Å²) in [6, 6.07) is 26.7. The first kappa shape index (κ1) is 25.7. The van der Waals surface area contributed by atoms with Crippen molar-refractivity contribution in [1.29, 1.82) is 5.26 Å². The largest absolute Gasteiger partial charge is 0.327 e. The zero-order valence-corrected chi connectivity index (χ0v) is 22.9. The van der Waals surface area contributed by atoms with Gasteiger partial charge in [0.1, 0.15) is 11.8 Å². The van der Waals surface area contributed by atoms with Crippen molar-refractivity contribution in [1.82, 2.24) is 23.6 Å². The quantitative estimate of drug-likeness (QED) is 0.255. The number of nitrogens with zero attached hydrogens (tertiary/aromatic N) is 6.